The first-order valence-electron chi connectivity index (χ1n) is 16.3. The number of aromatic nitrogens is 3. The van der Waals surface area contributed by atoms with E-state index >= 15 is 0 Å². The van der Waals surface area contributed by atoms with Gasteiger partial charge in [-0.2, -0.15) is 5.10 Å². The summed E-state index contributed by atoms with van der Waals surface area (Å²) in [7, 11) is 0. The van der Waals surface area contributed by atoms with Gasteiger partial charge < -0.3 is 28.9 Å². The van der Waals surface area contributed by atoms with Crippen LogP contribution in [0.2, 0.25) is 0 Å². The van der Waals surface area contributed by atoms with Crippen molar-refractivity contribution in [2.75, 3.05) is 67.2 Å². The number of ether oxygens (including phenoxy) is 3. The SMILES string of the molecule is CC(C)N1CCN(c2ccc(N3CCN(c4ccc(OC[C@H]5OC[C@](Cn6cncn6)(c6ccc(F)cc6F)O5)cc4)CC3)cc2)C1=O.Cl.Cl. The number of urea groups is 1. The number of hydrogen-bond acceptors (Lipinski definition) is 8. The average Bonchev–Trinajstić information content (AvgIpc) is 3.85. The molecule has 2 amide bonds. The molecule has 0 spiro atoms. The maximum Gasteiger partial charge on any atom is 0.324 e. The molecule has 3 aromatic carbocycles. The molecule has 0 N–H and O–H groups in total. The lowest BCUT2D eigenvalue weighted by Crippen LogP contribution is -2.46. The number of piperazine rings is 1. The number of rotatable bonds is 10. The second-order valence-electron chi connectivity index (χ2n) is 12.6. The highest BCUT2D eigenvalue weighted by Crippen LogP contribution is 2.37. The summed E-state index contributed by atoms with van der Waals surface area (Å²) >= 11 is 0. The van der Waals surface area contributed by atoms with Crippen molar-refractivity contribution in [2.24, 2.45) is 0 Å². The van der Waals surface area contributed by atoms with Gasteiger partial charge in [-0.05, 0) is 68.4 Å². The highest BCUT2D eigenvalue weighted by Gasteiger charge is 2.45. The zero-order valence-electron chi connectivity index (χ0n) is 27.9. The lowest BCUT2D eigenvalue weighted by molar-refractivity contribution is -0.117. The Labute approximate surface area is 302 Å². The van der Waals surface area contributed by atoms with Crippen LogP contribution in [0.5, 0.6) is 5.75 Å². The van der Waals surface area contributed by atoms with Crippen molar-refractivity contribution < 1.29 is 27.8 Å². The molecule has 0 aliphatic carbocycles. The van der Waals surface area contributed by atoms with Crippen molar-refractivity contribution in [1.29, 1.82) is 0 Å². The number of carbonyl (C=O) groups excluding carboxylic acids is 1. The van der Waals surface area contributed by atoms with E-state index in [1.165, 1.54) is 29.5 Å². The van der Waals surface area contributed by atoms with Crippen LogP contribution in [0.25, 0.3) is 0 Å². The number of amides is 2. The molecule has 15 heteroatoms. The van der Waals surface area contributed by atoms with Crippen LogP contribution < -0.4 is 19.4 Å². The van der Waals surface area contributed by atoms with Crippen molar-refractivity contribution in [3.8, 4) is 5.75 Å². The van der Waals surface area contributed by atoms with Crippen LogP contribution in [0.15, 0.2) is 79.4 Å². The molecule has 4 heterocycles. The Morgan fingerprint density at radius 2 is 1.52 bits per heavy atom. The van der Waals surface area contributed by atoms with Crippen LogP contribution in [0.4, 0.5) is 30.6 Å². The summed E-state index contributed by atoms with van der Waals surface area (Å²) in [6.45, 7) is 9.31. The predicted octanol–water partition coefficient (Wildman–Crippen LogP) is 5.72. The van der Waals surface area contributed by atoms with Gasteiger partial charge in [-0.25, -0.2) is 23.2 Å². The maximum absolute atomic E-state index is 14.9. The fourth-order valence-corrected chi connectivity index (χ4v) is 6.63. The molecule has 7 rings (SSSR count). The van der Waals surface area contributed by atoms with Crippen LogP contribution >= 0.6 is 24.8 Å². The van der Waals surface area contributed by atoms with Gasteiger partial charge in [0.05, 0.1) is 13.2 Å². The van der Waals surface area contributed by atoms with Crippen molar-refractivity contribution in [2.45, 2.75) is 38.3 Å². The topological polar surface area (TPSA) is 88.4 Å². The molecule has 2 atom stereocenters. The van der Waals surface area contributed by atoms with E-state index in [2.05, 4.69) is 32.0 Å². The van der Waals surface area contributed by atoms with Gasteiger partial charge >= 0.3 is 6.03 Å². The van der Waals surface area contributed by atoms with E-state index in [0.29, 0.717) is 12.3 Å². The highest BCUT2D eigenvalue weighted by atomic mass is 35.5. The summed E-state index contributed by atoms with van der Waals surface area (Å²) in [4.78, 5) is 25.2. The molecular weight excluding hydrogens is 691 g/mol. The lowest BCUT2D eigenvalue weighted by Gasteiger charge is -2.37. The monoisotopic (exact) mass is 731 g/mol. The van der Waals surface area contributed by atoms with Crippen molar-refractivity contribution in [1.82, 2.24) is 19.7 Å². The van der Waals surface area contributed by atoms with Gasteiger partial charge in [0.1, 0.15) is 42.2 Å². The van der Waals surface area contributed by atoms with Crippen molar-refractivity contribution in [3.05, 3.63) is 96.6 Å². The van der Waals surface area contributed by atoms with Gasteiger partial charge in [0.25, 0.3) is 0 Å². The summed E-state index contributed by atoms with van der Waals surface area (Å²) in [5.41, 5.74) is 2.15. The third-order valence-corrected chi connectivity index (χ3v) is 9.22. The van der Waals surface area contributed by atoms with E-state index in [1.807, 2.05) is 60.0 Å². The Morgan fingerprint density at radius 1 is 0.880 bits per heavy atom. The Balaban J connectivity index is 0.00000243. The minimum Gasteiger partial charge on any atom is -0.488 e. The number of anilines is 3. The number of carbonyl (C=O) groups is 1. The second kappa shape index (κ2) is 15.8. The second-order valence-corrected chi connectivity index (χ2v) is 12.6. The first-order chi connectivity index (χ1) is 23.3. The molecular formula is C35H41Cl2F2N7O4. The van der Waals surface area contributed by atoms with Crippen LogP contribution in [0.3, 0.4) is 0 Å². The number of hydrogen-bond donors (Lipinski definition) is 0. The minimum atomic E-state index is -1.23. The number of benzene rings is 3. The molecule has 0 bridgehead atoms. The van der Waals surface area contributed by atoms with E-state index in [-0.39, 0.29) is 62.2 Å². The molecule has 0 saturated carbocycles. The summed E-state index contributed by atoms with van der Waals surface area (Å²) in [6, 6.07) is 19.9. The molecule has 11 nitrogen and oxygen atoms in total. The Hall–Kier alpha value is -4.17. The maximum atomic E-state index is 14.9. The van der Waals surface area contributed by atoms with Crippen molar-refractivity contribution in [3.63, 3.8) is 0 Å². The summed E-state index contributed by atoms with van der Waals surface area (Å²) < 4.78 is 48.2. The van der Waals surface area contributed by atoms with Gasteiger partial charge in [-0.3, -0.25) is 4.90 Å². The van der Waals surface area contributed by atoms with Gasteiger partial charge in [0, 0.05) is 74.0 Å². The largest absolute Gasteiger partial charge is 0.488 e. The lowest BCUT2D eigenvalue weighted by atomic mass is 9.94. The van der Waals surface area contributed by atoms with Gasteiger partial charge in [-0.1, -0.05) is 6.07 Å². The quantitative estimate of drug-likeness (QED) is 0.205. The molecule has 4 aromatic rings. The van der Waals surface area contributed by atoms with Gasteiger partial charge in [0.2, 0.25) is 0 Å². The van der Waals surface area contributed by atoms with E-state index in [9.17, 15) is 13.6 Å². The molecule has 0 unspecified atom stereocenters. The number of nitrogens with zero attached hydrogens (tertiary/aromatic N) is 7. The normalized spacial score (nSPS) is 20.7. The van der Waals surface area contributed by atoms with Crippen LogP contribution in [0.1, 0.15) is 19.4 Å². The van der Waals surface area contributed by atoms with E-state index in [0.717, 1.165) is 55.9 Å². The smallest absolute Gasteiger partial charge is 0.324 e. The molecule has 1 aromatic heterocycles. The summed E-state index contributed by atoms with van der Waals surface area (Å²) in [5, 5.41) is 4.13. The molecule has 3 aliphatic heterocycles. The Morgan fingerprint density at radius 3 is 2.10 bits per heavy atom. The first kappa shape index (κ1) is 37.1. The average molecular weight is 733 g/mol. The molecule has 3 aliphatic rings. The minimum absolute atomic E-state index is 0. The third kappa shape index (κ3) is 7.75. The fourth-order valence-electron chi connectivity index (χ4n) is 6.63. The summed E-state index contributed by atoms with van der Waals surface area (Å²) in [6.07, 6.45) is 2.12. The molecule has 50 heavy (non-hydrogen) atoms. The fraction of sp³-hybridized carbons (Fsp3) is 0.400. The first-order valence-corrected chi connectivity index (χ1v) is 16.3. The molecule has 0 radical (unpaired) electrons. The standard InChI is InChI=1S/C35H39F2N7O4.2ClH/c1-25(2)43-17-18-44(34(43)45)29-6-4-27(5-7-29)40-13-15-41(16-14-40)28-8-10-30(11-9-28)46-20-33-47-22-35(48-33,21-42-24-38-23-39-42)31-12-3-26(36)19-32(31)37;;/h3-12,19,23-25,33H,13-18,20-22H2,1-2H3;2*1H/t33-,35+;;/m0../s1. The van der Waals surface area contributed by atoms with Gasteiger partial charge in [-0.15, -0.1) is 24.8 Å². The zero-order valence-corrected chi connectivity index (χ0v) is 29.5. The molecule has 3 fully saturated rings. The Bertz CT molecular complexity index is 1710. The van der Waals surface area contributed by atoms with E-state index in [4.69, 9.17) is 14.2 Å². The summed E-state index contributed by atoms with van der Waals surface area (Å²) in [5.74, 6) is -0.736. The van der Waals surface area contributed by atoms with Crippen LogP contribution in [0, 0.1) is 11.6 Å². The highest BCUT2D eigenvalue weighted by molar-refractivity contribution is 5.94. The van der Waals surface area contributed by atoms with E-state index in [1.54, 1.807) is 0 Å². The number of halogens is 4. The zero-order chi connectivity index (χ0) is 33.3. The van der Waals surface area contributed by atoms with Crippen LogP contribution in [-0.4, -0.2) is 90.5 Å². The Kier molecular flexibility index (Phi) is 11.7. The molecule has 268 valence electrons. The third-order valence-electron chi connectivity index (χ3n) is 9.22. The van der Waals surface area contributed by atoms with E-state index < -0.39 is 23.5 Å². The van der Waals surface area contributed by atoms with Crippen LogP contribution in [-0.2, 0) is 21.6 Å². The van der Waals surface area contributed by atoms with Gasteiger partial charge in [0.15, 0.2) is 6.29 Å². The molecule has 3 saturated heterocycles. The predicted molar refractivity (Wildman–Crippen MR) is 191 cm³/mol. The van der Waals surface area contributed by atoms with Crippen molar-refractivity contribution >= 4 is 47.9 Å².